The monoisotopic (exact) mass is 645 g/mol. The number of halogens is 1. The van der Waals surface area contributed by atoms with E-state index < -0.39 is 52.4 Å². The maximum Gasteiger partial charge on any atom is 0.480 e. The van der Waals surface area contributed by atoms with Crippen molar-refractivity contribution in [2.45, 2.75) is 31.9 Å². The number of nitrogen functional groups attached to an aromatic ring is 1. The number of nitrogens with two attached hydrogens (primary N) is 1. The van der Waals surface area contributed by atoms with Crippen molar-refractivity contribution < 1.29 is 52.0 Å². The minimum Gasteiger partial charge on any atom is -0.856 e. The highest BCUT2D eigenvalue weighted by molar-refractivity contribution is 7.63. The number of ether oxygens (including phenoxy) is 2. The van der Waals surface area contributed by atoms with Crippen LogP contribution in [0.25, 0.3) is 11.2 Å². The predicted octanol–water partition coefficient (Wildman–Crippen LogP) is 0.980. The number of imidazole rings is 2. The molecule has 1 fully saturated rings. The van der Waals surface area contributed by atoms with Crippen LogP contribution in [-0.2, 0) is 29.2 Å². The van der Waals surface area contributed by atoms with Crippen molar-refractivity contribution >= 4 is 44.3 Å². The van der Waals surface area contributed by atoms with Gasteiger partial charge in [-0.2, -0.15) is 4.31 Å². The summed E-state index contributed by atoms with van der Waals surface area (Å²) in [4.78, 5) is 31.5. The predicted molar refractivity (Wildman–Crippen MR) is 142 cm³/mol. The summed E-state index contributed by atoms with van der Waals surface area (Å²) >= 11 is 5.90. The molecule has 5 rings (SSSR count). The van der Waals surface area contributed by atoms with E-state index in [2.05, 4.69) is 19.3 Å². The molecule has 0 bridgehead atoms. The van der Waals surface area contributed by atoms with Gasteiger partial charge in [0.25, 0.3) is 5.95 Å². The Bertz CT molecular complexity index is 1660. The number of aliphatic hydroxyl groups excluding tert-OH is 1. The minimum atomic E-state index is -5.07. The average Bonchev–Trinajstić information content (AvgIpc) is 3.64. The van der Waals surface area contributed by atoms with Crippen molar-refractivity contribution in [1.29, 1.82) is 0 Å². The zero-order chi connectivity index (χ0) is 30.2. The summed E-state index contributed by atoms with van der Waals surface area (Å²) in [5.41, 5.74) is 5.90. The van der Waals surface area contributed by atoms with E-state index in [0.29, 0.717) is 15.1 Å². The van der Waals surface area contributed by atoms with Crippen LogP contribution in [-0.4, -0.2) is 64.2 Å². The van der Waals surface area contributed by atoms with Crippen molar-refractivity contribution in [2.75, 3.05) is 18.9 Å². The first-order valence-corrected chi connectivity index (χ1v) is 15.7. The quantitative estimate of drug-likeness (QED) is 0.132. The number of aliphatic hydroxyl groups is 1. The summed E-state index contributed by atoms with van der Waals surface area (Å²) in [6, 6.07) is 6.73. The largest absolute Gasteiger partial charge is 0.856 e. The van der Waals surface area contributed by atoms with Crippen molar-refractivity contribution in [2.24, 2.45) is 5.92 Å². The first-order chi connectivity index (χ1) is 19.8. The van der Waals surface area contributed by atoms with Crippen molar-refractivity contribution in [1.82, 2.24) is 23.9 Å². The maximum atomic E-state index is 12.8. The molecule has 20 heteroatoms. The first-order valence-electron chi connectivity index (χ1n) is 12.3. The highest BCUT2D eigenvalue weighted by Crippen LogP contribution is 2.60. The van der Waals surface area contributed by atoms with Crippen molar-refractivity contribution in [3.63, 3.8) is 0 Å². The number of rotatable bonds is 11. The maximum absolute atomic E-state index is 12.8. The van der Waals surface area contributed by atoms with E-state index in [0.717, 1.165) is 12.5 Å². The molecule has 6 atom stereocenters. The molecule has 0 amide bonds. The van der Waals surface area contributed by atoms with Gasteiger partial charge in [-0.25, -0.2) is 28.0 Å². The van der Waals surface area contributed by atoms with E-state index >= 15 is 0 Å². The second kappa shape index (κ2) is 11.9. The van der Waals surface area contributed by atoms with Gasteiger partial charge in [0, 0.05) is 29.2 Å². The molecule has 226 valence electrons. The number of phosphoric ester groups is 1. The topological polar surface area (TPSA) is 233 Å². The fourth-order valence-corrected chi connectivity index (χ4v) is 6.82. The molecule has 1 aliphatic rings. The molecular formula is C22H26ClN7O10P2. The van der Waals surface area contributed by atoms with Gasteiger partial charge in [-0.3, -0.25) is 9.09 Å². The van der Waals surface area contributed by atoms with Crippen molar-refractivity contribution in [3.05, 3.63) is 54.3 Å². The Hall–Kier alpha value is -3.11. The summed E-state index contributed by atoms with van der Waals surface area (Å²) < 4.78 is 49.4. The summed E-state index contributed by atoms with van der Waals surface area (Å²) in [5, 5.41) is 24.3. The molecule has 3 aromatic heterocycles. The zero-order valence-electron chi connectivity index (χ0n) is 21.8. The molecule has 42 heavy (non-hydrogen) atoms. The molecule has 1 aromatic carbocycles. The Morgan fingerprint density at radius 1 is 1.24 bits per heavy atom. The summed E-state index contributed by atoms with van der Waals surface area (Å²) in [5.74, 6) is -1.06. The van der Waals surface area contributed by atoms with Gasteiger partial charge in [0.1, 0.15) is 31.3 Å². The molecular weight excluding hydrogens is 620 g/mol. The molecule has 2 unspecified atom stereocenters. The Labute approximate surface area is 242 Å². The highest BCUT2D eigenvalue weighted by Gasteiger charge is 2.47. The van der Waals surface area contributed by atoms with Gasteiger partial charge in [-0.15, -0.1) is 0 Å². The summed E-state index contributed by atoms with van der Waals surface area (Å²) in [6.07, 6.45) is 1.37. The fourth-order valence-electron chi connectivity index (χ4n) is 4.34. The van der Waals surface area contributed by atoms with Crippen LogP contribution in [0.5, 0.6) is 11.6 Å². The summed E-state index contributed by atoms with van der Waals surface area (Å²) in [7, 11) is -9.85. The van der Waals surface area contributed by atoms with E-state index in [1.165, 1.54) is 21.7 Å². The normalized spacial score (nSPS) is 23.5. The zero-order valence-corrected chi connectivity index (χ0v) is 24.3. The molecule has 5 N–H and O–H groups in total. The van der Waals surface area contributed by atoms with Gasteiger partial charge < -0.3 is 35.2 Å². The van der Waals surface area contributed by atoms with Crippen LogP contribution in [0.2, 0.25) is 5.02 Å². The van der Waals surface area contributed by atoms with Gasteiger partial charge in [0.15, 0.2) is 11.8 Å². The third kappa shape index (κ3) is 6.44. The molecule has 0 spiro atoms. The molecule has 4 heterocycles. The number of nitrogens with zero attached hydrogens (tertiary/aromatic N) is 6. The van der Waals surface area contributed by atoms with E-state index in [4.69, 9.17) is 31.3 Å². The summed E-state index contributed by atoms with van der Waals surface area (Å²) in [6.45, 7) is 1.34. The van der Waals surface area contributed by atoms with E-state index in [1.54, 1.807) is 31.2 Å². The smallest absolute Gasteiger partial charge is 0.480 e. The second-order valence-corrected chi connectivity index (χ2v) is 13.0. The van der Waals surface area contributed by atoms with Crippen LogP contribution in [0, 0.1) is 5.92 Å². The number of benzene rings is 1. The molecule has 0 saturated carbocycles. The number of hydrogen-bond acceptors (Lipinski definition) is 12. The number of aromatic nitrogens is 6. The highest BCUT2D eigenvalue weighted by atomic mass is 35.5. The van der Waals surface area contributed by atoms with Gasteiger partial charge in [0.05, 0.1) is 12.7 Å². The van der Waals surface area contributed by atoms with Crippen molar-refractivity contribution in [3.8, 4) is 11.6 Å². The lowest BCUT2D eigenvalue weighted by molar-refractivity contribution is -0.746. The van der Waals surface area contributed by atoms with Crippen LogP contribution in [0.3, 0.4) is 0 Å². The standard InChI is InChI=1S/C22H26ClN7O10P2/c1-13-16(10-38-42(35,36)40-41(33,34)29-7-6-25-11-29)39-21(18(13)31)30-12-28(17-19(30)26-22(24)27-20(17)32)8-9-37-15-4-2-14(23)3-5-15/h2-7,11-13,16,18,21,31H,8-10H2,1H3,(H4-,24,26,27,32,33,34,35,36)/t13-,16-,18-,21-/m1/s1. The molecule has 1 aliphatic heterocycles. The second-order valence-electron chi connectivity index (χ2n) is 9.27. The van der Waals surface area contributed by atoms with Gasteiger partial charge >= 0.3 is 21.2 Å². The number of phosphoric acid groups is 1. The van der Waals surface area contributed by atoms with Gasteiger partial charge in [-0.1, -0.05) is 23.5 Å². The van der Waals surface area contributed by atoms with Crippen LogP contribution >= 0.6 is 27.2 Å². The fraction of sp³-hybridized carbons (Fsp3) is 0.364. The number of fused-ring (bicyclic) bond motifs is 1. The van der Waals surface area contributed by atoms with E-state index in [9.17, 15) is 29.1 Å². The lowest BCUT2D eigenvalue weighted by atomic mass is 10.0. The third-order valence-corrected chi connectivity index (χ3v) is 9.68. The molecule has 4 aromatic rings. The van der Waals surface area contributed by atoms with E-state index in [1.807, 2.05) is 0 Å². The van der Waals surface area contributed by atoms with Crippen LogP contribution in [0.4, 0.5) is 5.95 Å². The van der Waals surface area contributed by atoms with Gasteiger partial charge in [0.2, 0.25) is 6.23 Å². The lowest BCUT2D eigenvalue weighted by Crippen LogP contribution is -2.45. The first kappa shape index (κ1) is 30.4. The SMILES string of the molecule is C[C@H]1[C@@H](O)[C@H]([n+]2cn(CCOc3ccc(Cl)cc3)c3c([O-])nc(N)nc32)O[C@@H]1COP(=O)(O)OP(=O)(O)n1ccnc1. The van der Waals surface area contributed by atoms with Crippen LogP contribution in [0.1, 0.15) is 13.2 Å². The Morgan fingerprint density at radius 3 is 2.67 bits per heavy atom. The van der Waals surface area contributed by atoms with Gasteiger partial charge in [-0.05, 0) is 24.3 Å². The number of anilines is 1. The Balaban J connectivity index is 1.32. The molecule has 0 radical (unpaired) electrons. The average molecular weight is 646 g/mol. The molecule has 17 nitrogen and oxygen atoms in total. The van der Waals surface area contributed by atoms with Crippen LogP contribution in [0.15, 0.2) is 49.3 Å². The Morgan fingerprint density at radius 2 is 1.98 bits per heavy atom. The minimum absolute atomic E-state index is 0.0783. The number of hydrogen-bond donors (Lipinski definition) is 4. The lowest BCUT2D eigenvalue weighted by Gasteiger charge is -2.19. The third-order valence-electron chi connectivity index (χ3n) is 6.46. The molecule has 1 saturated heterocycles. The van der Waals surface area contributed by atoms with Crippen LogP contribution < -0.4 is 20.1 Å². The molecule has 0 aliphatic carbocycles. The van der Waals surface area contributed by atoms with E-state index in [-0.39, 0.29) is 30.3 Å². The Kier molecular flexibility index (Phi) is 8.58.